The second-order valence-electron chi connectivity index (χ2n) is 6.03. The summed E-state index contributed by atoms with van der Waals surface area (Å²) in [5.41, 5.74) is 6.66. The predicted octanol–water partition coefficient (Wildman–Crippen LogP) is 2.05. The minimum Gasteiger partial charge on any atom is -0.334 e. The van der Waals surface area contributed by atoms with Crippen LogP contribution in [0.2, 0.25) is 0 Å². The van der Waals surface area contributed by atoms with E-state index in [0.717, 1.165) is 12.8 Å². The number of hydrogen-bond donors (Lipinski definition) is 2. The topological polar surface area (TPSA) is 92.5 Å². The van der Waals surface area contributed by atoms with Crippen LogP contribution in [0, 0.1) is 0 Å². The lowest BCUT2D eigenvalue weighted by Crippen LogP contribution is -2.39. The first-order chi connectivity index (χ1) is 12.0. The fraction of sp³-hybridized carbons (Fsp3) is 0.278. The normalized spacial score (nSPS) is 17.5. The van der Waals surface area contributed by atoms with Crippen molar-refractivity contribution in [3.8, 4) is 0 Å². The highest BCUT2D eigenvalue weighted by atomic mass is 32.2. The molecule has 0 bridgehead atoms. The van der Waals surface area contributed by atoms with Crippen molar-refractivity contribution in [1.82, 2.24) is 4.90 Å². The molecule has 1 aliphatic heterocycles. The van der Waals surface area contributed by atoms with Gasteiger partial charge in [0.15, 0.2) is 0 Å². The molecule has 1 heterocycles. The number of carbonyl (C=O) groups is 1. The molecule has 0 saturated carbocycles. The van der Waals surface area contributed by atoms with Crippen LogP contribution in [0.4, 0.5) is 5.69 Å². The van der Waals surface area contributed by atoms with Crippen LogP contribution in [0.15, 0.2) is 59.5 Å². The van der Waals surface area contributed by atoms with Crippen molar-refractivity contribution < 1.29 is 13.2 Å². The van der Waals surface area contributed by atoms with E-state index in [0.29, 0.717) is 24.3 Å². The lowest BCUT2D eigenvalue weighted by atomic mass is 10.1. The van der Waals surface area contributed by atoms with Crippen LogP contribution >= 0.6 is 0 Å². The largest absolute Gasteiger partial charge is 0.334 e. The highest BCUT2D eigenvalue weighted by Crippen LogP contribution is 2.21. The monoisotopic (exact) mass is 359 g/mol. The highest BCUT2D eigenvalue weighted by molar-refractivity contribution is 7.92. The third kappa shape index (κ3) is 3.83. The Balaban J connectivity index is 1.73. The fourth-order valence-corrected chi connectivity index (χ4v) is 4.09. The van der Waals surface area contributed by atoms with Crippen molar-refractivity contribution in [3.05, 3.63) is 60.2 Å². The molecule has 2 aromatic carbocycles. The lowest BCUT2D eigenvalue weighted by molar-refractivity contribution is 0.0741. The summed E-state index contributed by atoms with van der Waals surface area (Å²) in [5.74, 6) is -0.0644. The zero-order valence-electron chi connectivity index (χ0n) is 13.8. The molecule has 1 saturated heterocycles. The highest BCUT2D eigenvalue weighted by Gasteiger charge is 2.28. The number of sulfonamides is 1. The van der Waals surface area contributed by atoms with Gasteiger partial charge in [-0.1, -0.05) is 18.2 Å². The number of carbonyl (C=O) groups excluding carboxylic acids is 1. The summed E-state index contributed by atoms with van der Waals surface area (Å²) in [6, 6.07) is 14.7. The Morgan fingerprint density at radius 2 is 1.80 bits per heavy atom. The molecule has 25 heavy (non-hydrogen) atoms. The summed E-state index contributed by atoms with van der Waals surface area (Å²) < 4.78 is 27.1. The molecule has 6 nitrogen and oxygen atoms in total. The molecule has 1 amide bonds. The molecular formula is C18H21N3O3S. The standard InChI is InChI=1S/C18H21N3O3S/c19-13-16-5-4-12-21(16)18(22)14-8-10-15(11-9-14)20-25(23,24)17-6-2-1-3-7-17/h1-3,6-11,16,20H,4-5,12-13,19H2. The van der Waals surface area contributed by atoms with Gasteiger partial charge in [-0.25, -0.2) is 8.42 Å². The van der Waals surface area contributed by atoms with Crippen molar-refractivity contribution in [2.45, 2.75) is 23.8 Å². The molecule has 0 radical (unpaired) electrons. The van der Waals surface area contributed by atoms with Crippen LogP contribution < -0.4 is 10.5 Å². The SMILES string of the molecule is NCC1CCCN1C(=O)c1ccc(NS(=O)(=O)c2ccccc2)cc1. The van der Waals surface area contributed by atoms with Crippen molar-refractivity contribution in [2.24, 2.45) is 5.73 Å². The van der Waals surface area contributed by atoms with Gasteiger partial charge in [0, 0.05) is 30.4 Å². The van der Waals surface area contributed by atoms with Gasteiger partial charge < -0.3 is 10.6 Å². The molecule has 1 unspecified atom stereocenters. The summed E-state index contributed by atoms with van der Waals surface area (Å²) in [6.07, 6.45) is 1.89. The molecule has 0 aromatic heterocycles. The van der Waals surface area contributed by atoms with Gasteiger partial charge in [-0.3, -0.25) is 9.52 Å². The minimum absolute atomic E-state index is 0.0644. The number of hydrogen-bond acceptors (Lipinski definition) is 4. The summed E-state index contributed by atoms with van der Waals surface area (Å²) >= 11 is 0. The van der Waals surface area contributed by atoms with Crippen LogP contribution in [0.3, 0.4) is 0 Å². The van der Waals surface area contributed by atoms with Crippen LogP contribution in [-0.4, -0.2) is 38.4 Å². The summed E-state index contributed by atoms with van der Waals surface area (Å²) in [6.45, 7) is 1.17. The van der Waals surface area contributed by atoms with Gasteiger partial charge in [0.2, 0.25) is 0 Å². The first kappa shape index (κ1) is 17.4. The van der Waals surface area contributed by atoms with Crippen molar-refractivity contribution in [2.75, 3.05) is 17.8 Å². The number of nitrogens with one attached hydrogen (secondary N) is 1. The van der Waals surface area contributed by atoms with Gasteiger partial charge in [-0.15, -0.1) is 0 Å². The average Bonchev–Trinajstić information content (AvgIpc) is 3.11. The van der Waals surface area contributed by atoms with E-state index >= 15 is 0 Å². The third-order valence-electron chi connectivity index (χ3n) is 4.35. The van der Waals surface area contributed by atoms with Crippen LogP contribution in [0.25, 0.3) is 0 Å². The van der Waals surface area contributed by atoms with Crippen molar-refractivity contribution in [3.63, 3.8) is 0 Å². The molecule has 3 rings (SSSR count). The van der Waals surface area contributed by atoms with Gasteiger partial charge in [-0.2, -0.15) is 0 Å². The summed E-state index contributed by atoms with van der Waals surface area (Å²) in [5, 5.41) is 0. The molecule has 132 valence electrons. The van der Waals surface area contributed by atoms with Crippen molar-refractivity contribution in [1.29, 1.82) is 0 Å². The Morgan fingerprint density at radius 3 is 2.44 bits per heavy atom. The predicted molar refractivity (Wildman–Crippen MR) is 96.8 cm³/mol. The fourth-order valence-electron chi connectivity index (χ4n) is 3.01. The molecule has 3 N–H and O–H groups in total. The molecule has 0 spiro atoms. The van der Waals surface area contributed by atoms with Crippen LogP contribution in [-0.2, 0) is 10.0 Å². The van der Waals surface area contributed by atoms with E-state index in [9.17, 15) is 13.2 Å². The Morgan fingerprint density at radius 1 is 1.12 bits per heavy atom. The molecule has 1 fully saturated rings. The van der Waals surface area contributed by atoms with E-state index in [1.54, 1.807) is 47.4 Å². The van der Waals surface area contributed by atoms with Gasteiger partial charge in [0.1, 0.15) is 0 Å². The van der Waals surface area contributed by atoms with Gasteiger partial charge >= 0.3 is 0 Å². The van der Waals surface area contributed by atoms with E-state index in [-0.39, 0.29) is 16.8 Å². The number of amides is 1. The van der Waals surface area contributed by atoms with Crippen molar-refractivity contribution >= 4 is 21.6 Å². The first-order valence-corrected chi connectivity index (χ1v) is 9.68. The molecule has 1 aliphatic rings. The Bertz CT molecular complexity index is 836. The number of likely N-dealkylation sites (tertiary alicyclic amines) is 1. The van der Waals surface area contributed by atoms with E-state index in [1.807, 2.05) is 0 Å². The maximum atomic E-state index is 12.6. The van der Waals surface area contributed by atoms with E-state index in [2.05, 4.69) is 4.72 Å². The first-order valence-electron chi connectivity index (χ1n) is 8.20. The zero-order chi connectivity index (χ0) is 17.9. The van der Waals surface area contributed by atoms with E-state index < -0.39 is 10.0 Å². The molecule has 1 atom stereocenters. The van der Waals surface area contributed by atoms with Gasteiger partial charge in [0.25, 0.3) is 15.9 Å². The van der Waals surface area contributed by atoms with E-state index in [1.165, 1.54) is 12.1 Å². The number of nitrogens with two attached hydrogens (primary N) is 1. The van der Waals surface area contributed by atoms with Crippen LogP contribution in [0.5, 0.6) is 0 Å². The molecule has 0 aliphatic carbocycles. The maximum Gasteiger partial charge on any atom is 0.261 e. The lowest BCUT2D eigenvalue weighted by Gasteiger charge is -2.23. The summed E-state index contributed by atoms with van der Waals surface area (Å²) in [7, 11) is -3.64. The number of rotatable bonds is 5. The maximum absolute atomic E-state index is 12.6. The van der Waals surface area contributed by atoms with Gasteiger partial charge in [0.05, 0.1) is 4.90 Å². The number of nitrogens with zero attached hydrogens (tertiary/aromatic N) is 1. The summed E-state index contributed by atoms with van der Waals surface area (Å²) in [4.78, 5) is 14.6. The zero-order valence-corrected chi connectivity index (χ0v) is 14.6. The Kier molecular flexibility index (Phi) is 5.06. The second kappa shape index (κ2) is 7.25. The molecule has 2 aromatic rings. The average molecular weight is 359 g/mol. The minimum atomic E-state index is -3.64. The van der Waals surface area contributed by atoms with Gasteiger partial charge in [-0.05, 0) is 49.2 Å². The smallest absolute Gasteiger partial charge is 0.261 e. The Labute approximate surface area is 147 Å². The number of anilines is 1. The second-order valence-corrected chi connectivity index (χ2v) is 7.71. The quantitative estimate of drug-likeness (QED) is 0.854. The Hall–Kier alpha value is -2.38. The van der Waals surface area contributed by atoms with Crippen LogP contribution in [0.1, 0.15) is 23.2 Å². The number of benzene rings is 2. The molecular weight excluding hydrogens is 338 g/mol. The molecule has 7 heteroatoms. The van der Waals surface area contributed by atoms with E-state index in [4.69, 9.17) is 5.73 Å². The third-order valence-corrected chi connectivity index (χ3v) is 5.74.